The lowest BCUT2D eigenvalue weighted by Gasteiger charge is -2.33. The molecule has 1 N–H and O–H groups in total. The van der Waals surface area contributed by atoms with E-state index < -0.39 is 0 Å². The molecule has 0 bridgehead atoms. The van der Waals surface area contributed by atoms with E-state index in [9.17, 15) is 9.59 Å². The van der Waals surface area contributed by atoms with Crippen LogP contribution in [0.4, 0.5) is 0 Å². The highest BCUT2D eigenvalue weighted by molar-refractivity contribution is 5.80. The van der Waals surface area contributed by atoms with Crippen LogP contribution in [0.2, 0.25) is 0 Å². The zero-order chi connectivity index (χ0) is 22.9. The highest BCUT2D eigenvalue weighted by Gasteiger charge is 2.33. The molecule has 32 heavy (non-hydrogen) atoms. The maximum Gasteiger partial charge on any atom is 0.237 e. The number of piperidine rings is 1. The van der Waals surface area contributed by atoms with Crippen molar-refractivity contribution in [1.29, 1.82) is 0 Å². The Hall–Kier alpha value is -2.32. The second-order valence-corrected chi connectivity index (χ2v) is 8.54. The average Bonchev–Trinajstić information content (AvgIpc) is 3.31. The predicted octanol–water partition coefficient (Wildman–Crippen LogP) is 2.23. The summed E-state index contributed by atoms with van der Waals surface area (Å²) >= 11 is 0. The Bertz CT molecular complexity index is 764. The van der Waals surface area contributed by atoms with Gasteiger partial charge in [0.1, 0.15) is 11.5 Å². The molecule has 3 rings (SSSR count). The first-order valence-corrected chi connectivity index (χ1v) is 11.6. The molecule has 2 heterocycles. The standard InChI is InChI=1S/C24H37N3O5/c1-30-15-5-11-25-24(29)18-9-13-26(14-10-18)17-23(28)27-12-4-6-21(27)20-8-7-19(31-2)16-22(20)32-3/h7-8,16,18,21H,4-6,9-15,17H2,1-3H3,(H,25,29). The number of nitrogens with zero attached hydrogens (tertiary/aromatic N) is 2. The molecule has 0 spiro atoms. The zero-order valence-electron chi connectivity index (χ0n) is 19.6. The van der Waals surface area contributed by atoms with Crippen molar-refractivity contribution in [3.05, 3.63) is 23.8 Å². The van der Waals surface area contributed by atoms with E-state index >= 15 is 0 Å². The first-order chi connectivity index (χ1) is 15.6. The van der Waals surface area contributed by atoms with Crippen molar-refractivity contribution in [2.45, 2.75) is 38.1 Å². The van der Waals surface area contributed by atoms with Crippen LogP contribution in [-0.4, -0.2) is 82.3 Å². The third kappa shape index (κ3) is 6.13. The van der Waals surface area contributed by atoms with E-state index in [0.29, 0.717) is 19.7 Å². The van der Waals surface area contributed by atoms with Gasteiger partial charge in [-0.25, -0.2) is 0 Å². The van der Waals surface area contributed by atoms with Crippen molar-refractivity contribution in [2.75, 3.05) is 60.7 Å². The van der Waals surface area contributed by atoms with Crippen molar-refractivity contribution in [3.8, 4) is 11.5 Å². The highest BCUT2D eigenvalue weighted by Crippen LogP contribution is 2.38. The van der Waals surface area contributed by atoms with Crippen LogP contribution in [0.5, 0.6) is 11.5 Å². The van der Waals surface area contributed by atoms with Crippen molar-refractivity contribution in [1.82, 2.24) is 15.1 Å². The fourth-order valence-electron chi connectivity index (χ4n) is 4.69. The van der Waals surface area contributed by atoms with Crippen LogP contribution >= 0.6 is 0 Å². The molecule has 2 fully saturated rings. The van der Waals surface area contributed by atoms with Crippen LogP contribution in [-0.2, 0) is 14.3 Å². The average molecular weight is 448 g/mol. The van der Waals surface area contributed by atoms with Crippen molar-refractivity contribution in [3.63, 3.8) is 0 Å². The van der Waals surface area contributed by atoms with Gasteiger partial charge in [-0.15, -0.1) is 0 Å². The number of rotatable bonds is 10. The lowest BCUT2D eigenvalue weighted by Crippen LogP contribution is -2.45. The minimum atomic E-state index is 0.0266. The van der Waals surface area contributed by atoms with Crippen molar-refractivity contribution < 1.29 is 23.8 Å². The van der Waals surface area contributed by atoms with Crippen molar-refractivity contribution in [2.24, 2.45) is 5.92 Å². The maximum atomic E-state index is 13.2. The Kier molecular flexibility index (Phi) is 9.17. The zero-order valence-corrected chi connectivity index (χ0v) is 19.6. The van der Waals surface area contributed by atoms with Gasteiger partial charge < -0.3 is 24.4 Å². The van der Waals surface area contributed by atoms with E-state index in [2.05, 4.69) is 10.2 Å². The van der Waals surface area contributed by atoms with Crippen LogP contribution in [0, 0.1) is 5.92 Å². The fourth-order valence-corrected chi connectivity index (χ4v) is 4.69. The molecule has 0 saturated carbocycles. The molecule has 8 heteroatoms. The molecule has 0 radical (unpaired) electrons. The summed E-state index contributed by atoms with van der Waals surface area (Å²) in [6, 6.07) is 5.83. The molecule has 1 atom stereocenters. The lowest BCUT2D eigenvalue weighted by atomic mass is 9.96. The van der Waals surface area contributed by atoms with Gasteiger partial charge in [0.05, 0.1) is 26.8 Å². The van der Waals surface area contributed by atoms with Gasteiger partial charge in [-0.05, 0) is 57.3 Å². The maximum absolute atomic E-state index is 13.2. The van der Waals surface area contributed by atoms with Crippen LogP contribution < -0.4 is 14.8 Å². The number of hydrogen-bond donors (Lipinski definition) is 1. The van der Waals surface area contributed by atoms with E-state index in [1.165, 1.54) is 0 Å². The number of amides is 2. The summed E-state index contributed by atoms with van der Waals surface area (Å²) in [6.07, 6.45) is 4.32. The number of hydrogen-bond acceptors (Lipinski definition) is 6. The van der Waals surface area contributed by atoms with Crippen LogP contribution in [0.15, 0.2) is 18.2 Å². The number of likely N-dealkylation sites (tertiary alicyclic amines) is 2. The first-order valence-electron chi connectivity index (χ1n) is 11.6. The number of ether oxygens (including phenoxy) is 3. The lowest BCUT2D eigenvalue weighted by molar-refractivity contribution is -0.134. The number of benzene rings is 1. The summed E-state index contributed by atoms with van der Waals surface area (Å²) in [4.78, 5) is 29.7. The molecule has 8 nitrogen and oxygen atoms in total. The van der Waals surface area contributed by atoms with Gasteiger partial charge in [0.25, 0.3) is 0 Å². The molecule has 0 aromatic heterocycles. The number of carbonyl (C=O) groups excluding carboxylic acids is 2. The molecule has 1 aromatic carbocycles. The smallest absolute Gasteiger partial charge is 0.237 e. The largest absolute Gasteiger partial charge is 0.497 e. The van der Waals surface area contributed by atoms with Gasteiger partial charge in [-0.2, -0.15) is 0 Å². The summed E-state index contributed by atoms with van der Waals surface area (Å²) in [5.74, 6) is 1.80. The molecule has 2 saturated heterocycles. The van der Waals surface area contributed by atoms with Crippen LogP contribution in [0.1, 0.15) is 43.7 Å². The monoisotopic (exact) mass is 447 g/mol. The summed E-state index contributed by atoms with van der Waals surface area (Å²) in [7, 11) is 4.95. The van der Waals surface area contributed by atoms with Gasteiger partial charge in [0.2, 0.25) is 11.8 Å². The normalized spacial score (nSPS) is 19.7. The summed E-state index contributed by atoms with van der Waals surface area (Å²) in [5, 5.41) is 3.00. The SMILES string of the molecule is COCCCNC(=O)C1CCN(CC(=O)N2CCCC2c2ccc(OC)cc2OC)CC1. The van der Waals surface area contributed by atoms with Gasteiger partial charge in [0, 0.05) is 44.4 Å². The Balaban J connectivity index is 1.51. The van der Waals surface area contributed by atoms with Crippen LogP contribution in [0.25, 0.3) is 0 Å². The molecule has 1 unspecified atom stereocenters. The minimum Gasteiger partial charge on any atom is -0.497 e. The first kappa shape index (κ1) is 24.3. The summed E-state index contributed by atoms with van der Waals surface area (Å²) < 4.78 is 15.9. The molecule has 2 amide bonds. The Morgan fingerprint density at radius 2 is 1.84 bits per heavy atom. The highest BCUT2D eigenvalue weighted by atomic mass is 16.5. The second kappa shape index (κ2) is 12.1. The molecule has 1 aromatic rings. The van der Waals surface area contributed by atoms with Gasteiger partial charge in [0.15, 0.2) is 0 Å². The van der Waals surface area contributed by atoms with Crippen molar-refractivity contribution >= 4 is 11.8 Å². The Labute approximate surface area is 191 Å². The number of carbonyl (C=O) groups is 2. The third-order valence-corrected chi connectivity index (χ3v) is 6.51. The molecule has 0 aliphatic carbocycles. The van der Waals surface area contributed by atoms with Gasteiger partial charge in [-0.3, -0.25) is 14.5 Å². The Morgan fingerprint density at radius 3 is 2.53 bits per heavy atom. The number of nitrogens with one attached hydrogen (secondary N) is 1. The third-order valence-electron chi connectivity index (χ3n) is 6.51. The quantitative estimate of drug-likeness (QED) is 0.554. The minimum absolute atomic E-state index is 0.0266. The molecule has 178 valence electrons. The van der Waals surface area contributed by atoms with Crippen LogP contribution in [0.3, 0.4) is 0 Å². The van der Waals surface area contributed by atoms with E-state index in [1.54, 1.807) is 21.3 Å². The molecule has 2 aliphatic heterocycles. The topological polar surface area (TPSA) is 80.3 Å². The van der Waals surface area contributed by atoms with Gasteiger partial charge in [-0.1, -0.05) is 0 Å². The molecule has 2 aliphatic rings. The van der Waals surface area contributed by atoms with E-state index in [-0.39, 0.29) is 23.8 Å². The van der Waals surface area contributed by atoms with Gasteiger partial charge >= 0.3 is 0 Å². The van der Waals surface area contributed by atoms with E-state index in [0.717, 1.165) is 68.8 Å². The second-order valence-electron chi connectivity index (χ2n) is 8.54. The molecular weight excluding hydrogens is 410 g/mol. The van der Waals surface area contributed by atoms with E-state index in [1.807, 2.05) is 23.1 Å². The molecular formula is C24H37N3O5. The number of methoxy groups -OCH3 is 3. The predicted molar refractivity (Wildman–Crippen MR) is 122 cm³/mol. The summed E-state index contributed by atoms with van der Waals surface area (Å²) in [5.41, 5.74) is 1.03. The Morgan fingerprint density at radius 1 is 1.06 bits per heavy atom. The summed E-state index contributed by atoms with van der Waals surface area (Å²) in [6.45, 7) is 4.01. The fraction of sp³-hybridized carbons (Fsp3) is 0.667. The van der Waals surface area contributed by atoms with E-state index in [4.69, 9.17) is 14.2 Å².